The SMILES string of the molecule is Oc1c(Br)cccc1OCC1CC1. The monoisotopic (exact) mass is 242 g/mol. The molecule has 0 aliphatic heterocycles. The number of hydrogen-bond donors (Lipinski definition) is 1. The van der Waals surface area contributed by atoms with E-state index in [9.17, 15) is 5.11 Å². The molecule has 1 fully saturated rings. The first-order valence-electron chi connectivity index (χ1n) is 4.37. The molecule has 0 unspecified atom stereocenters. The largest absolute Gasteiger partial charge is 0.503 e. The second-order valence-corrected chi connectivity index (χ2v) is 4.20. The third-order valence-electron chi connectivity index (χ3n) is 2.12. The molecule has 0 amide bonds. The summed E-state index contributed by atoms with van der Waals surface area (Å²) in [4.78, 5) is 0. The number of hydrogen-bond acceptors (Lipinski definition) is 2. The van der Waals surface area contributed by atoms with Crippen molar-refractivity contribution in [3.63, 3.8) is 0 Å². The maximum atomic E-state index is 9.56. The highest BCUT2D eigenvalue weighted by Crippen LogP contribution is 2.35. The third-order valence-corrected chi connectivity index (χ3v) is 2.76. The molecule has 13 heavy (non-hydrogen) atoms. The van der Waals surface area contributed by atoms with Gasteiger partial charge in [-0.2, -0.15) is 0 Å². The van der Waals surface area contributed by atoms with Crippen LogP contribution in [-0.2, 0) is 0 Å². The van der Waals surface area contributed by atoms with Gasteiger partial charge in [-0.15, -0.1) is 0 Å². The predicted molar refractivity (Wildman–Crippen MR) is 54.0 cm³/mol. The van der Waals surface area contributed by atoms with Crippen molar-refractivity contribution in [1.82, 2.24) is 0 Å². The van der Waals surface area contributed by atoms with Crippen LogP contribution in [0.15, 0.2) is 22.7 Å². The average molecular weight is 243 g/mol. The number of phenols is 1. The van der Waals surface area contributed by atoms with Gasteiger partial charge in [0.25, 0.3) is 0 Å². The lowest BCUT2D eigenvalue weighted by Gasteiger charge is -2.07. The molecule has 2 rings (SSSR count). The van der Waals surface area contributed by atoms with Gasteiger partial charge in [0.2, 0.25) is 0 Å². The summed E-state index contributed by atoms with van der Waals surface area (Å²) in [5.41, 5.74) is 0. The molecule has 1 aromatic rings. The van der Waals surface area contributed by atoms with E-state index in [1.165, 1.54) is 12.8 Å². The highest BCUT2D eigenvalue weighted by atomic mass is 79.9. The normalized spacial score (nSPS) is 15.8. The zero-order chi connectivity index (χ0) is 9.26. The van der Waals surface area contributed by atoms with E-state index < -0.39 is 0 Å². The molecule has 1 aliphatic rings. The van der Waals surface area contributed by atoms with Gasteiger partial charge in [0, 0.05) is 0 Å². The van der Waals surface area contributed by atoms with Gasteiger partial charge in [-0.25, -0.2) is 0 Å². The van der Waals surface area contributed by atoms with Gasteiger partial charge >= 0.3 is 0 Å². The predicted octanol–water partition coefficient (Wildman–Crippen LogP) is 2.94. The van der Waals surface area contributed by atoms with Gasteiger partial charge < -0.3 is 9.84 Å². The molecule has 2 nitrogen and oxygen atoms in total. The maximum absolute atomic E-state index is 9.56. The first-order valence-corrected chi connectivity index (χ1v) is 5.17. The number of phenolic OH excluding ortho intramolecular Hbond substituents is 1. The first kappa shape index (κ1) is 8.88. The zero-order valence-corrected chi connectivity index (χ0v) is 8.75. The molecule has 1 aromatic carbocycles. The number of benzene rings is 1. The van der Waals surface area contributed by atoms with Crippen molar-refractivity contribution in [1.29, 1.82) is 0 Å². The van der Waals surface area contributed by atoms with E-state index in [1.54, 1.807) is 12.1 Å². The number of para-hydroxylation sites is 1. The molecule has 0 radical (unpaired) electrons. The third kappa shape index (κ3) is 2.15. The van der Waals surface area contributed by atoms with Crippen LogP contribution in [0.3, 0.4) is 0 Å². The van der Waals surface area contributed by atoms with Gasteiger partial charge in [0.05, 0.1) is 11.1 Å². The first-order chi connectivity index (χ1) is 6.27. The summed E-state index contributed by atoms with van der Waals surface area (Å²) in [6.45, 7) is 0.726. The van der Waals surface area contributed by atoms with Crippen LogP contribution in [0.4, 0.5) is 0 Å². The van der Waals surface area contributed by atoms with Crippen molar-refractivity contribution in [3.05, 3.63) is 22.7 Å². The summed E-state index contributed by atoms with van der Waals surface area (Å²) in [7, 11) is 0. The molecule has 1 N–H and O–H groups in total. The molecule has 0 saturated heterocycles. The summed E-state index contributed by atoms with van der Waals surface area (Å²) in [6, 6.07) is 5.42. The fraction of sp³-hybridized carbons (Fsp3) is 0.400. The van der Waals surface area contributed by atoms with Crippen LogP contribution in [0.2, 0.25) is 0 Å². The Balaban J connectivity index is 2.05. The van der Waals surface area contributed by atoms with Gasteiger partial charge in [-0.05, 0) is 46.8 Å². The van der Waals surface area contributed by atoms with E-state index >= 15 is 0 Å². The van der Waals surface area contributed by atoms with Gasteiger partial charge in [0.1, 0.15) is 0 Å². The van der Waals surface area contributed by atoms with E-state index in [2.05, 4.69) is 15.9 Å². The van der Waals surface area contributed by atoms with Crippen molar-refractivity contribution >= 4 is 15.9 Å². The molecule has 0 bridgehead atoms. The molecule has 0 atom stereocenters. The lowest BCUT2D eigenvalue weighted by Crippen LogP contribution is -1.98. The lowest BCUT2D eigenvalue weighted by molar-refractivity contribution is 0.284. The van der Waals surface area contributed by atoms with Crippen molar-refractivity contribution in [2.24, 2.45) is 5.92 Å². The van der Waals surface area contributed by atoms with Crippen LogP contribution in [0, 0.1) is 5.92 Å². The molecular formula is C10H11BrO2. The maximum Gasteiger partial charge on any atom is 0.172 e. The van der Waals surface area contributed by atoms with Gasteiger partial charge in [-0.3, -0.25) is 0 Å². The summed E-state index contributed by atoms with van der Waals surface area (Å²) >= 11 is 3.24. The van der Waals surface area contributed by atoms with Crippen LogP contribution in [0.1, 0.15) is 12.8 Å². The van der Waals surface area contributed by atoms with Crippen LogP contribution < -0.4 is 4.74 Å². The number of aromatic hydroxyl groups is 1. The van der Waals surface area contributed by atoms with Crippen LogP contribution in [-0.4, -0.2) is 11.7 Å². The second-order valence-electron chi connectivity index (χ2n) is 3.34. The van der Waals surface area contributed by atoms with Crippen LogP contribution in [0.5, 0.6) is 11.5 Å². The fourth-order valence-electron chi connectivity index (χ4n) is 1.10. The average Bonchev–Trinajstić information content (AvgIpc) is 2.91. The Morgan fingerprint density at radius 1 is 1.46 bits per heavy atom. The summed E-state index contributed by atoms with van der Waals surface area (Å²) in [5.74, 6) is 1.47. The van der Waals surface area contributed by atoms with E-state index in [0.29, 0.717) is 16.1 Å². The number of ether oxygens (including phenoxy) is 1. The number of rotatable bonds is 3. The second kappa shape index (κ2) is 3.58. The van der Waals surface area contributed by atoms with E-state index in [-0.39, 0.29) is 5.75 Å². The fourth-order valence-corrected chi connectivity index (χ4v) is 1.45. The van der Waals surface area contributed by atoms with E-state index in [0.717, 1.165) is 6.61 Å². The standard InChI is InChI=1S/C10H11BrO2/c11-8-2-1-3-9(10(8)12)13-6-7-4-5-7/h1-3,7,12H,4-6H2. The molecular weight excluding hydrogens is 232 g/mol. The molecule has 0 spiro atoms. The van der Waals surface area contributed by atoms with Gasteiger partial charge in [-0.1, -0.05) is 6.07 Å². The molecule has 0 heterocycles. The topological polar surface area (TPSA) is 29.5 Å². The molecule has 0 aromatic heterocycles. The summed E-state index contributed by atoms with van der Waals surface area (Å²) in [6.07, 6.45) is 2.52. The Labute approximate surface area is 85.7 Å². The highest BCUT2D eigenvalue weighted by Gasteiger charge is 2.22. The number of halogens is 1. The van der Waals surface area contributed by atoms with Crippen molar-refractivity contribution in [3.8, 4) is 11.5 Å². The smallest absolute Gasteiger partial charge is 0.172 e. The Bertz CT molecular complexity index is 308. The molecule has 3 heteroatoms. The molecule has 1 aliphatic carbocycles. The Morgan fingerprint density at radius 3 is 2.92 bits per heavy atom. The molecule has 1 saturated carbocycles. The van der Waals surface area contributed by atoms with Crippen molar-refractivity contribution < 1.29 is 9.84 Å². The highest BCUT2D eigenvalue weighted by molar-refractivity contribution is 9.10. The van der Waals surface area contributed by atoms with Crippen molar-refractivity contribution in [2.75, 3.05) is 6.61 Å². The zero-order valence-electron chi connectivity index (χ0n) is 7.16. The Morgan fingerprint density at radius 2 is 2.23 bits per heavy atom. The lowest BCUT2D eigenvalue weighted by atomic mass is 10.3. The van der Waals surface area contributed by atoms with E-state index in [1.807, 2.05) is 6.07 Å². The minimum atomic E-state index is 0.197. The van der Waals surface area contributed by atoms with Gasteiger partial charge in [0.15, 0.2) is 11.5 Å². The van der Waals surface area contributed by atoms with Crippen molar-refractivity contribution in [2.45, 2.75) is 12.8 Å². The minimum Gasteiger partial charge on any atom is -0.503 e. The quantitative estimate of drug-likeness (QED) is 0.884. The summed E-state index contributed by atoms with van der Waals surface area (Å²) < 4.78 is 6.14. The van der Waals surface area contributed by atoms with E-state index in [4.69, 9.17) is 4.74 Å². The Hall–Kier alpha value is -0.700. The summed E-state index contributed by atoms with van der Waals surface area (Å²) in [5, 5.41) is 9.56. The van der Waals surface area contributed by atoms with Crippen LogP contribution >= 0.6 is 15.9 Å². The van der Waals surface area contributed by atoms with Crippen LogP contribution in [0.25, 0.3) is 0 Å². The molecule has 70 valence electrons. The minimum absolute atomic E-state index is 0.197. The Kier molecular flexibility index (Phi) is 2.44.